The van der Waals surface area contributed by atoms with E-state index in [1.54, 1.807) is 4.90 Å². The summed E-state index contributed by atoms with van der Waals surface area (Å²) in [7, 11) is -5.40. The maximum Gasteiger partial charge on any atom is 0.501 e. The predicted molar refractivity (Wildman–Crippen MR) is 100 cm³/mol. The van der Waals surface area contributed by atoms with Gasteiger partial charge in [0.1, 0.15) is 0 Å². The Balaban J connectivity index is 1.51. The van der Waals surface area contributed by atoms with Crippen molar-refractivity contribution in [3.63, 3.8) is 0 Å². The second kappa shape index (κ2) is 9.01. The Kier molecular flexibility index (Phi) is 6.85. The van der Waals surface area contributed by atoms with Crippen molar-refractivity contribution in [3.05, 3.63) is 29.8 Å². The molecule has 6 nitrogen and oxygen atoms in total. The Morgan fingerprint density at radius 1 is 1.03 bits per heavy atom. The van der Waals surface area contributed by atoms with E-state index in [9.17, 15) is 26.4 Å². The Morgan fingerprint density at radius 3 is 2.17 bits per heavy atom. The van der Waals surface area contributed by atoms with Crippen molar-refractivity contribution in [2.75, 3.05) is 45.9 Å². The lowest BCUT2D eigenvalue weighted by Gasteiger charge is -2.34. The highest BCUT2D eigenvalue weighted by molar-refractivity contribution is 7.92. The Bertz CT molecular complexity index is 798. The zero-order chi connectivity index (χ0) is 21.1. The number of morpholine rings is 1. The van der Waals surface area contributed by atoms with Crippen molar-refractivity contribution in [1.29, 1.82) is 0 Å². The monoisotopic (exact) mass is 434 g/mol. The van der Waals surface area contributed by atoms with E-state index in [0.717, 1.165) is 76.4 Å². The quantitative estimate of drug-likeness (QED) is 0.713. The number of piperidine rings is 1. The van der Waals surface area contributed by atoms with Gasteiger partial charge in [-0.3, -0.25) is 9.69 Å². The number of hydrogen-bond donors (Lipinski definition) is 0. The highest BCUT2D eigenvalue weighted by Crippen LogP contribution is 2.30. The molecule has 3 rings (SSSR count). The molecule has 2 aliphatic heterocycles. The minimum atomic E-state index is -5.40. The SMILES string of the molecule is O=C(c1ccc(S(=O)(=O)C(F)(F)F)cc1)N1CCC(CCN2CCOCC2)CC1. The normalized spacial score (nSPS) is 20.0. The van der Waals surface area contributed by atoms with Gasteiger partial charge in [0, 0.05) is 31.7 Å². The first-order chi connectivity index (χ1) is 13.7. The summed E-state index contributed by atoms with van der Waals surface area (Å²) in [6, 6.07) is 3.97. The summed E-state index contributed by atoms with van der Waals surface area (Å²) in [6.45, 7) is 5.67. The molecule has 0 aliphatic carbocycles. The number of benzene rings is 1. The van der Waals surface area contributed by atoms with Gasteiger partial charge in [0.15, 0.2) is 0 Å². The molecule has 1 aromatic carbocycles. The molecule has 0 atom stereocenters. The first kappa shape index (κ1) is 22.0. The second-order valence-corrected chi connectivity index (χ2v) is 9.39. The van der Waals surface area contributed by atoms with Crippen molar-refractivity contribution >= 4 is 15.7 Å². The summed E-state index contributed by atoms with van der Waals surface area (Å²) in [6.07, 6.45) is 2.85. The number of carbonyl (C=O) groups is 1. The molecular formula is C19H25F3N2O4S. The van der Waals surface area contributed by atoms with E-state index in [1.807, 2.05) is 0 Å². The van der Waals surface area contributed by atoms with Gasteiger partial charge in [-0.15, -0.1) is 0 Å². The first-order valence-corrected chi connectivity index (χ1v) is 11.2. The number of carbonyl (C=O) groups excluding carboxylic acids is 1. The van der Waals surface area contributed by atoms with Gasteiger partial charge in [-0.05, 0) is 56.0 Å². The van der Waals surface area contributed by atoms with Crippen LogP contribution in [0.2, 0.25) is 0 Å². The van der Waals surface area contributed by atoms with E-state index in [4.69, 9.17) is 4.74 Å². The van der Waals surface area contributed by atoms with E-state index in [1.165, 1.54) is 0 Å². The summed E-state index contributed by atoms with van der Waals surface area (Å²) in [4.78, 5) is 15.8. The molecule has 2 saturated heterocycles. The van der Waals surface area contributed by atoms with Crippen molar-refractivity contribution in [1.82, 2.24) is 9.80 Å². The maximum absolute atomic E-state index is 12.6. The van der Waals surface area contributed by atoms with Crippen LogP contribution in [-0.4, -0.2) is 75.6 Å². The van der Waals surface area contributed by atoms with Gasteiger partial charge >= 0.3 is 5.51 Å². The third-order valence-electron chi connectivity index (χ3n) is 5.58. The van der Waals surface area contributed by atoms with Crippen molar-refractivity contribution in [2.24, 2.45) is 5.92 Å². The maximum atomic E-state index is 12.6. The van der Waals surface area contributed by atoms with Crippen LogP contribution in [0.1, 0.15) is 29.6 Å². The van der Waals surface area contributed by atoms with Gasteiger partial charge in [-0.25, -0.2) is 8.42 Å². The molecule has 29 heavy (non-hydrogen) atoms. The van der Waals surface area contributed by atoms with Crippen LogP contribution in [0.25, 0.3) is 0 Å². The number of likely N-dealkylation sites (tertiary alicyclic amines) is 1. The van der Waals surface area contributed by atoms with Gasteiger partial charge in [-0.1, -0.05) is 0 Å². The second-order valence-electron chi connectivity index (χ2n) is 7.45. The summed E-state index contributed by atoms with van der Waals surface area (Å²) in [5, 5.41) is 0. The fourth-order valence-electron chi connectivity index (χ4n) is 3.71. The highest BCUT2D eigenvalue weighted by Gasteiger charge is 2.46. The molecule has 0 bridgehead atoms. The molecule has 2 fully saturated rings. The standard InChI is InChI=1S/C19H25F3N2O4S/c20-19(21,22)29(26,27)17-3-1-16(2-4-17)18(25)24-9-6-15(7-10-24)5-8-23-11-13-28-14-12-23/h1-4,15H,5-14H2. The molecule has 0 unspecified atom stereocenters. The molecule has 0 spiro atoms. The molecule has 2 aliphatic rings. The topological polar surface area (TPSA) is 66.9 Å². The number of alkyl halides is 3. The van der Waals surface area contributed by atoms with Crippen LogP contribution in [0.3, 0.4) is 0 Å². The lowest BCUT2D eigenvalue weighted by molar-refractivity contribution is -0.0436. The first-order valence-electron chi connectivity index (χ1n) is 9.69. The lowest BCUT2D eigenvalue weighted by atomic mass is 9.93. The Labute approximate surface area is 168 Å². The van der Waals surface area contributed by atoms with Gasteiger partial charge in [0.05, 0.1) is 18.1 Å². The molecule has 0 N–H and O–H groups in total. The van der Waals surface area contributed by atoms with E-state index < -0.39 is 20.2 Å². The summed E-state index contributed by atoms with van der Waals surface area (Å²) in [5.41, 5.74) is -5.17. The number of sulfone groups is 1. The molecule has 2 heterocycles. The summed E-state index contributed by atoms with van der Waals surface area (Å²) in [5.74, 6) is 0.258. The van der Waals surface area contributed by atoms with Gasteiger partial charge in [0.2, 0.25) is 0 Å². The number of amides is 1. The molecule has 0 saturated carbocycles. The Morgan fingerprint density at radius 2 is 1.62 bits per heavy atom. The molecule has 162 valence electrons. The van der Waals surface area contributed by atoms with Crippen LogP contribution >= 0.6 is 0 Å². The average molecular weight is 434 g/mol. The van der Waals surface area contributed by atoms with E-state index in [0.29, 0.717) is 19.0 Å². The van der Waals surface area contributed by atoms with Crippen molar-refractivity contribution in [3.8, 4) is 0 Å². The number of rotatable bonds is 5. The largest absolute Gasteiger partial charge is 0.501 e. The zero-order valence-corrected chi connectivity index (χ0v) is 16.8. The molecular weight excluding hydrogens is 409 g/mol. The van der Waals surface area contributed by atoms with Crippen LogP contribution in [0.15, 0.2) is 29.2 Å². The van der Waals surface area contributed by atoms with E-state index >= 15 is 0 Å². The molecule has 1 amide bonds. The third-order valence-corrected chi connectivity index (χ3v) is 7.08. The zero-order valence-electron chi connectivity index (χ0n) is 16.0. The summed E-state index contributed by atoms with van der Waals surface area (Å²) >= 11 is 0. The molecule has 1 aromatic rings. The van der Waals surface area contributed by atoms with Crippen LogP contribution in [-0.2, 0) is 14.6 Å². The van der Waals surface area contributed by atoms with Gasteiger partial charge in [0.25, 0.3) is 15.7 Å². The third kappa shape index (κ3) is 5.29. The van der Waals surface area contributed by atoms with Crippen LogP contribution in [0.5, 0.6) is 0 Å². The highest BCUT2D eigenvalue weighted by atomic mass is 32.2. The number of hydrogen-bond acceptors (Lipinski definition) is 5. The minimum absolute atomic E-state index is 0.192. The lowest BCUT2D eigenvalue weighted by Crippen LogP contribution is -2.40. The number of halogens is 3. The summed E-state index contributed by atoms with van der Waals surface area (Å²) < 4.78 is 66.0. The molecule has 0 radical (unpaired) electrons. The van der Waals surface area contributed by atoms with E-state index in [-0.39, 0.29) is 11.5 Å². The van der Waals surface area contributed by atoms with Crippen LogP contribution < -0.4 is 0 Å². The Hall–Kier alpha value is -1.65. The van der Waals surface area contributed by atoms with Crippen molar-refractivity contribution in [2.45, 2.75) is 29.7 Å². The predicted octanol–water partition coefficient (Wildman–Crippen LogP) is 2.55. The smallest absolute Gasteiger partial charge is 0.379 e. The van der Waals surface area contributed by atoms with Gasteiger partial charge < -0.3 is 9.64 Å². The van der Waals surface area contributed by atoms with Crippen molar-refractivity contribution < 1.29 is 31.1 Å². The number of nitrogens with zero attached hydrogens (tertiary/aromatic N) is 2. The van der Waals surface area contributed by atoms with E-state index in [2.05, 4.69) is 4.90 Å². The van der Waals surface area contributed by atoms with Gasteiger partial charge in [-0.2, -0.15) is 13.2 Å². The van der Waals surface area contributed by atoms with Crippen LogP contribution in [0, 0.1) is 5.92 Å². The average Bonchev–Trinajstić information content (AvgIpc) is 2.72. The fraction of sp³-hybridized carbons (Fsp3) is 0.632. The number of ether oxygens (including phenoxy) is 1. The molecule has 0 aromatic heterocycles. The van der Waals surface area contributed by atoms with Crippen LogP contribution in [0.4, 0.5) is 13.2 Å². The fourth-order valence-corrected chi connectivity index (χ4v) is 4.47. The molecule has 10 heteroatoms. The minimum Gasteiger partial charge on any atom is -0.379 e.